The van der Waals surface area contributed by atoms with Crippen LogP contribution in [-0.2, 0) is 13.6 Å². The molecule has 1 rings (SSSR count). The Labute approximate surface area is 77.3 Å². The highest BCUT2D eigenvalue weighted by Crippen LogP contribution is 2.23. The molecule has 12 heavy (non-hydrogen) atoms. The van der Waals surface area contributed by atoms with Crippen molar-refractivity contribution in [2.45, 2.75) is 25.4 Å². The van der Waals surface area contributed by atoms with E-state index in [9.17, 15) is 0 Å². The first kappa shape index (κ1) is 9.61. The van der Waals surface area contributed by atoms with E-state index >= 15 is 0 Å². The number of thioether (sulfide) groups is 1. The van der Waals surface area contributed by atoms with Gasteiger partial charge in [-0.3, -0.25) is 4.68 Å². The fourth-order valence-corrected chi connectivity index (χ4v) is 2.14. The molecular weight excluding hydrogens is 170 g/mol. The second-order valence-corrected chi connectivity index (χ2v) is 3.88. The molecule has 0 radical (unpaired) electrons. The van der Waals surface area contributed by atoms with E-state index in [1.54, 1.807) is 11.8 Å². The zero-order valence-corrected chi connectivity index (χ0v) is 8.61. The lowest BCUT2D eigenvalue weighted by Crippen LogP contribution is -1.99. The third kappa shape index (κ3) is 1.64. The van der Waals surface area contributed by atoms with Gasteiger partial charge in [0.15, 0.2) is 0 Å². The van der Waals surface area contributed by atoms with Gasteiger partial charge in [0.25, 0.3) is 0 Å². The van der Waals surface area contributed by atoms with Gasteiger partial charge in [-0.2, -0.15) is 5.10 Å². The zero-order chi connectivity index (χ0) is 9.14. The van der Waals surface area contributed by atoms with Crippen LogP contribution in [0.4, 0.5) is 0 Å². The van der Waals surface area contributed by atoms with Gasteiger partial charge < -0.3 is 5.73 Å². The van der Waals surface area contributed by atoms with Crippen LogP contribution in [0.3, 0.4) is 0 Å². The Morgan fingerprint density at radius 1 is 1.58 bits per heavy atom. The highest BCUT2D eigenvalue weighted by molar-refractivity contribution is 7.99. The molecule has 1 aromatic rings. The summed E-state index contributed by atoms with van der Waals surface area (Å²) in [6, 6.07) is 0. The Hall–Kier alpha value is -0.480. The van der Waals surface area contributed by atoms with E-state index < -0.39 is 0 Å². The predicted octanol–water partition coefficient (Wildman–Crippen LogP) is 1.30. The molecule has 0 fully saturated rings. The van der Waals surface area contributed by atoms with Crippen LogP contribution in [-0.4, -0.2) is 15.5 Å². The maximum Gasteiger partial charge on any atom is 0.0984 e. The maximum absolute atomic E-state index is 5.63. The fourth-order valence-electron chi connectivity index (χ4n) is 1.23. The summed E-state index contributed by atoms with van der Waals surface area (Å²) in [6.07, 6.45) is 0. The average molecular weight is 185 g/mol. The van der Waals surface area contributed by atoms with Gasteiger partial charge >= 0.3 is 0 Å². The fraction of sp³-hybridized carbons (Fsp3) is 0.625. The molecule has 2 N–H and O–H groups in total. The van der Waals surface area contributed by atoms with Gasteiger partial charge in [-0.1, -0.05) is 6.92 Å². The van der Waals surface area contributed by atoms with Crippen molar-refractivity contribution in [3.8, 4) is 0 Å². The van der Waals surface area contributed by atoms with Gasteiger partial charge in [-0.25, -0.2) is 0 Å². The van der Waals surface area contributed by atoms with Gasteiger partial charge in [0, 0.05) is 19.2 Å². The molecule has 68 valence electrons. The third-order valence-corrected chi connectivity index (χ3v) is 2.85. The minimum atomic E-state index is 0.585. The quantitative estimate of drug-likeness (QED) is 0.722. The van der Waals surface area contributed by atoms with E-state index in [4.69, 9.17) is 5.73 Å². The lowest BCUT2D eigenvalue weighted by Gasteiger charge is -2.01. The SMILES string of the molecule is CCSc1c(CN)c(C)nn1C. The average Bonchev–Trinajstić information content (AvgIpc) is 2.28. The molecule has 0 bridgehead atoms. The molecule has 0 atom stereocenters. The second-order valence-electron chi connectivity index (χ2n) is 2.63. The normalized spacial score (nSPS) is 10.7. The maximum atomic E-state index is 5.63. The molecule has 0 aliphatic carbocycles. The van der Waals surface area contributed by atoms with Crippen LogP contribution in [0.25, 0.3) is 0 Å². The number of rotatable bonds is 3. The van der Waals surface area contributed by atoms with E-state index in [0.29, 0.717) is 6.54 Å². The molecule has 0 aliphatic heterocycles. The van der Waals surface area contributed by atoms with Crippen molar-refractivity contribution in [3.63, 3.8) is 0 Å². The van der Waals surface area contributed by atoms with Crippen molar-refractivity contribution >= 4 is 11.8 Å². The van der Waals surface area contributed by atoms with E-state index in [-0.39, 0.29) is 0 Å². The van der Waals surface area contributed by atoms with Crippen molar-refractivity contribution in [3.05, 3.63) is 11.3 Å². The van der Waals surface area contributed by atoms with Crippen molar-refractivity contribution in [1.29, 1.82) is 0 Å². The number of aryl methyl sites for hydroxylation is 2. The summed E-state index contributed by atoms with van der Waals surface area (Å²) in [5.74, 6) is 1.06. The van der Waals surface area contributed by atoms with E-state index in [1.807, 2.05) is 18.7 Å². The van der Waals surface area contributed by atoms with E-state index in [0.717, 1.165) is 11.4 Å². The first-order chi connectivity index (χ1) is 5.70. The molecule has 1 heterocycles. The highest BCUT2D eigenvalue weighted by atomic mass is 32.2. The lowest BCUT2D eigenvalue weighted by molar-refractivity contribution is 0.688. The molecule has 0 spiro atoms. The standard InChI is InChI=1S/C8H15N3S/c1-4-12-8-7(5-9)6(2)10-11(8)3/h4-5,9H2,1-3H3. The molecular formula is C8H15N3S. The molecule has 0 aliphatic rings. The zero-order valence-electron chi connectivity index (χ0n) is 7.79. The Morgan fingerprint density at radius 3 is 2.75 bits per heavy atom. The van der Waals surface area contributed by atoms with Gasteiger partial charge in [0.05, 0.1) is 10.7 Å². The van der Waals surface area contributed by atoms with Crippen LogP contribution < -0.4 is 5.73 Å². The molecule has 0 saturated carbocycles. The van der Waals surface area contributed by atoms with Gasteiger partial charge in [0.2, 0.25) is 0 Å². The van der Waals surface area contributed by atoms with Gasteiger partial charge in [-0.05, 0) is 12.7 Å². The van der Waals surface area contributed by atoms with Gasteiger partial charge in [0.1, 0.15) is 0 Å². The van der Waals surface area contributed by atoms with Crippen LogP contribution in [0.5, 0.6) is 0 Å². The molecule has 1 aromatic heterocycles. The van der Waals surface area contributed by atoms with Crippen molar-refractivity contribution in [2.24, 2.45) is 12.8 Å². The Bertz CT molecular complexity index is 268. The summed E-state index contributed by atoms with van der Waals surface area (Å²) in [6.45, 7) is 4.72. The van der Waals surface area contributed by atoms with Crippen molar-refractivity contribution in [1.82, 2.24) is 9.78 Å². The molecule has 0 amide bonds. The number of aromatic nitrogens is 2. The van der Waals surface area contributed by atoms with E-state index in [2.05, 4.69) is 12.0 Å². The summed E-state index contributed by atoms with van der Waals surface area (Å²) in [5.41, 5.74) is 7.86. The second kappa shape index (κ2) is 3.96. The Balaban J connectivity index is 3.04. The summed E-state index contributed by atoms with van der Waals surface area (Å²) in [4.78, 5) is 0. The minimum Gasteiger partial charge on any atom is -0.326 e. The number of hydrogen-bond acceptors (Lipinski definition) is 3. The van der Waals surface area contributed by atoms with Crippen molar-refractivity contribution < 1.29 is 0 Å². The number of nitrogens with zero attached hydrogens (tertiary/aromatic N) is 2. The number of nitrogens with two attached hydrogens (primary N) is 1. The highest BCUT2D eigenvalue weighted by Gasteiger charge is 2.10. The molecule has 4 heteroatoms. The number of hydrogen-bond donors (Lipinski definition) is 1. The van der Waals surface area contributed by atoms with E-state index in [1.165, 1.54) is 10.6 Å². The molecule has 0 unspecified atom stereocenters. The summed E-state index contributed by atoms with van der Waals surface area (Å²) >= 11 is 1.79. The summed E-state index contributed by atoms with van der Waals surface area (Å²) in [5, 5.41) is 5.52. The smallest absolute Gasteiger partial charge is 0.0984 e. The van der Waals surface area contributed by atoms with Crippen LogP contribution in [0.2, 0.25) is 0 Å². The van der Waals surface area contributed by atoms with Crippen LogP contribution in [0.15, 0.2) is 5.03 Å². The predicted molar refractivity (Wildman–Crippen MR) is 52.2 cm³/mol. The summed E-state index contributed by atoms with van der Waals surface area (Å²) in [7, 11) is 1.96. The first-order valence-electron chi connectivity index (χ1n) is 4.06. The minimum absolute atomic E-state index is 0.585. The summed E-state index contributed by atoms with van der Waals surface area (Å²) < 4.78 is 1.91. The van der Waals surface area contributed by atoms with Gasteiger partial charge in [-0.15, -0.1) is 11.8 Å². The third-order valence-electron chi connectivity index (χ3n) is 1.77. The van der Waals surface area contributed by atoms with Crippen molar-refractivity contribution in [2.75, 3.05) is 5.75 Å². The first-order valence-corrected chi connectivity index (χ1v) is 5.04. The van der Waals surface area contributed by atoms with Crippen LogP contribution >= 0.6 is 11.8 Å². The van der Waals surface area contributed by atoms with Crippen LogP contribution in [0, 0.1) is 6.92 Å². The lowest BCUT2D eigenvalue weighted by atomic mass is 10.3. The van der Waals surface area contributed by atoms with Crippen LogP contribution in [0.1, 0.15) is 18.2 Å². The Kier molecular flexibility index (Phi) is 3.17. The molecule has 0 saturated heterocycles. The Morgan fingerprint density at radius 2 is 2.25 bits per heavy atom. The largest absolute Gasteiger partial charge is 0.326 e. The molecule has 3 nitrogen and oxygen atoms in total. The monoisotopic (exact) mass is 185 g/mol. The topological polar surface area (TPSA) is 43.8 Å². The molecule has 0 aromatic carbocycles.